The first-order valence-electron chi connectivity index (χ1n) is 13.1. The van der Waals surface area contributed by atoms with E-state index in [0.717, 1.165) is 18.2 Å². The first-order chi connectivity index (χ1) is 20.7. The number of alkyl halides is 6. The predicted octanol–water partition coefficient (Wildman–Crippen LogP) is 4.42. The van der Waals surface area contributed by atoms with E-state index in [4.69, 9.17) is 11.6 Å². The number of nitrogens with one attached hydrogen (secondary N) is 1. The smallest absolute Gasteiger partial charge is 0.416 e. The van der Waals surface area contributed by atoms with Crippen LogP contribution in [0.5, 0.6) is 0 Å². The molecule has 3 aromatic rings. The lowest BCUT2D eigenvalue weighted by Gasteiger charge is -2.23. The van der Waals surface area contributed by atoms with Crippen molar-refractivity contribution in [2.24, 2.45) is 0 Å². The van der Waals surface area contributed by atoms with Gasteiger partial charge in [0.1, 0.15) is 12.1 Å². The van der Waals surface area contributed by atoms with Gasteiger partial charge in [-0.2, -0.15) is 26.3 Å². The minimum Gasteiger partial charge on any atom is -0.480 e. The molecule has 0 unspecified atom stereocenters. The van der Waals surface area contributed by atoms with E-state index in [9.17, 15) is 55.7 Å². The predicted molar refractivity (Wildman–Crippen MR) is 147 cm³/mol. The molecule has 0 aliphatic heterocycles. The Morgan fingerprint density at radius 3 is 2.18 bits per heavy atom. The number of nitrogens with zero attached hydrogens (tertiary/aromatic N) is 3. The molecule has 0 bridgehead atoms. The first kappa shape index (κ1) is 35.3. The Morgan fingerprint density at radius 1 is 1.00 bits per heavy atom. The van der Waals surface area contributed by atoms with Gasteiger partial charge in [-0.3, -0.25) is 14.2 Å². The summed E-state index contributed by atoms with van der Waals surface area (Å²) in [7, 11) is 0. The number of hydrogen-bond donors (Lipinski definition) is 3. The second-order valence-corrected chi connectivity index (χ2v) is 11.1. The number of aliphatic hydroxyl groups is 1. The minimum atomic E-state index is -5.09. The quantitative estimate of drug-likeness (QED) is 0.243. The van der Waals surface area contributed by atoms with Gasteiger partial charge in [0.25, 0.3) is 0 Å². The Balaban J connectivity index is 1.97. The van der Waals surface area contributed by atoms with Crippen LogP contribution < -0.4 is 11.0 Å². The highest BCUT2D eigenvalue weighted by atomic mass is 35.5. The number of carboxylic acids is 1. The van der Waals surface area contributed by atoms with Crippen LogP contribution in [0.15, 0.2) is 53.3 Å². The number of aliphatic carboxylic acids is 1. The van der Waals surface area contributed by atoms with Crippen molar-refractivity contribution in [1.29, 1.82) is 0 Å². The third-order valence-corrected chi connectivity index (χ3v) is 6.91. The summed E-state index contributed by atoms with van der Waals surface area (Å²) in [4.78, 5) is 50.4. The second-order valence-electron chi connectivity index (χ2n) is 10.7. The van der Waals surface area contributed by atoms with Gasteiger partial charge in [-0.25, -0.2) is 14.3 Å². The Bertz CT molecular complexity index is 1620. The van der Waals surface area contributed by atoms with E-state index >= 15 is 0 Å². The number of halogens is 7. The van der Waals surface area contributed by atoms with Gasteiger partial charge in [-0.05, 0) is 55.7 Å². The molecule has 2 atom stereocenters. The molecule has 0 saturated carbocycles. The van der Waals surface area contributed by atoms with Crippen molar-refractivity contribution in [3.8, 4) is 11.4 Å². The van der Waals surface area contributed by atoms with Crippen molar-refractivity contribution in [1.82, 2.24) is 19.7 Å². The molecule has 0 aliphatic carbocycles. The van der Waals surface area contributed by atoms with Crippen LogP contribution in [-0.4, -0.2) is 60.0 Å². The minimum absolute atomic E-state index is 0.0884. The van der Waals surface area contributed by atoms with Crippen LogP contribution in [0, 0.1) is 0 Å². The van der Waals surface area contributed by atoms with Crippen LogP contribution in [-0.2, 0) is 33.6 Å². The Labute approximate surface area is 256 Å². The number of carbonyl (C=O) groups excluding carboxylic acids is 2. The Morgan fingerprint density at radius 2 is 1.62 bits per heavy atom. The number of Topliss-reactive ketones (excluding diaryl/α,β-unsaturated/α-hetero) is 1. The number of carboxylic acid groups (broad SMARTS) is 1. The topological polar surface area (TPSA) is 144 Å². The Hall–Kier alpha value is -4.18. The maximum atomic E-state index is 13.4. The summed E-state index contributed by atoms with van der Waals surface area (Å²) in [6.07, 6.45) is -14.1. The number of amides is 1. The summed E-state index contributed by atoms with van der Waals surface area (Å²) in [5, 5.41) is 25.4. The van der Waals surface area contributed by atoms with Crippen molar-refractivity contribution in [3.05, 3.63) is 75.2 Å². The molecule has 1 aromatic heterocycles. The molecule has 1 heterocycles. The molecule has 0 saturated heterocycles. The normalized spacial score (nSPS) is 13.7. The van der Waals surface area contributed by atoms with Crippen LogP contribution in [0.4, 0.5) is 26.3 Å². The van der Waals surface area contributed by atoms with Crippen molar-refractivity contribution >= 4 is 29.3 Å². The molecular formula is C28H27ClF6N4O6. The van der Waals surface area contributed by atoms with Gasteiger partial charge in [-0.15, -0.1) is 5.10 Å². The molecule has 1 amide bonds. The monoisotopic (exact) mass is 664 g/mol. The van der Waals surface area contributed by atoms with Gasteiger partial charge < -0.3 is 15.5 Å². The first-order valence-corrected chi connectivity index (χ1v) is 13.5. The molecule has 10 nitrogen and oxygen atoms in total. The maximum absolute atomic E-state index is 13.4. The van der Waals surface area contributed by atoms with Crippen LogP contribution in [0.1, 0.15) is 43.7 Å². The van der Waals surface area contributed by atoms with Gasteiger partial charge in [0, 0.05) is 23.4 Å². The fourth-order valence-electron chi connectivity index (χ4n) is 4.26. The van der Waals surface area contributed by atoms with E-state index in [1.807, 2.05) is 0 Å². The van der Waals surface area contributed by atoms with Crippen molar-refractivity contribution < 1.29 is 50.9 Å². The molecule has 244 valence electrons. The molecule has 3 rings (SSSR count). The highest BCUT2D eigenvalue weighted by Gasteiger charge is 2.39. The number of carbonyl (C=O) groups is 3. The van der Waals surface area contributed by atoms with Crippen molar-refractivity contribution in [2.75, 3.05) is 0 Å². The van der Waals surface area contributed by atoms with Crippen LogP contribution in [0.2, 0.25) is 5.02 Å². The fourth-order valence-corrected chi connectivity index (χ4v) is 4.38. The maximum Gasteiger partial charge on any atom is 0.416 e. The zero-order valence-corrected chi connectivity index (χ0v) is 24.4. The molecule has 2 aromatic carbocycles. The average Bonchev–Trinajstić information content (AvgIpc) is 3.21. The fraction of sp³-hybridized carbons (Fsp3) is 0.393. The van der Waals surface area contributed by atoms with Gasteiger partial charge >= 0.3 is 24.0 Å². The lowest BCUT2D eigenvalue weighted by atomic mass is 9.89. The third kappa shape index (κ3) is 9.17. The number of ketones is 1. The molecule has 0 spiro atoms. The average molecular weight is 665 g/mol. The van der Waals surface area contributed by atoms with Crippen LogP contribution in [0.3, 0.4) is 0 Å². The molecule has 17 heteroatoms. The number of aliphatic hydroxyl groups excluding tert-OH is 1. The number of hydrogen-bond acceptors (Lipinski definition) is 6. The highest BCUT2D eigenvalue weighted by molar-refractivity contribution is 6.30. The molecule has 3 N–H and O–H groups in total. The number of aromatic nitrogens is 3. The van der Waals surface area contributed by atoms with E-state index in [2.05, 4.69) is 10.4 Å². The van der Waals surface area contributed by atoms with Crippen LogP contribution >= 0.6 is 11.6 Å². The van der Waals surface area contributed by atoms with Gasteiger partial charge in [0.05, 0.1) is 12.1 Å². The highest BCUT2D eigenvalue weighted by Crippen LogP contribution is 2.33. The summed E-state index contributed by atoms with van der Waals surface area (Å²) in [6.45, 7) is 0.232. The lowest BCUT2D eigenvalue weighted by Crippen LogP contribution is -2.50. The zero-order chi connectivity index (χ0) is 33.9. The summed E-state index contributed by atoms with van der Waals surface area (Å²) >= 11 is 5.86. The molecule has 45 heavy (non-hydrogen) atoms. The SMILES string of the molecule is CC(C)(NC(=O)C[C@H](CC(=O)Cn1nc(-c2ccc(Cl)cc2)n(C[C@H](O)C(F)(F)F)c1=O)c1cccc(C(F)(F)F)c1)C(=O)O. The van der Waals surface area contributed by atoms with Gasteiger partial charge in [0.15, 0.2) is 17.7 Å². The van der Waals surface area contributed by atoms with E-state index in [1.54, 1.807) is 0 Å². The van der Waals surface area contributed by atoms with E-state index in [-0.39, 0.29) is 22.0 Å². The summed E-state index contributed by atoms with van der Waals surface area (Å²) in [5.74, 6) is -4.70. The van der Waals surface area contributed by atoms with E-state index < -0.39 is 84.8 Å². The number of benzene rings is 2. The largest absolute Gasteiger partial charge is 0.480 e. The lowest BCUT2D eigenvalue weighted by molar-refractivity contribution is -0.207. The summed E-state index contributed by atoms with van der Waals surface area (Å²) in [6, 6.07) is 9.22. The second kappa shape index (κ2) is 13.4. The molecule has 0 aliphatic rings. The van der Waals surface area contributed by atoms with Gasteiger partial charge in [-0.1, -0.05) is 29.8 Å². The van der Waals surface area contributed by atoms with Crippen molar-refractivity contribution in [2.45, 2.75) is 69.7 Å². The Kier molecular flexibility index (Phi) is 10.5. The van der Waals surface area contributed by atoms with E-state index in [0.29, 0.717) is 9.25 Å². The van der Waals surface area contributed by atoms with Crippen LogP contribution in [0.25, 0.3) is 11.4 Å². The van der Waals surface area contributed by atoms with Gasteiger partial charge in [0.2, 0.25) is 5.91 Å². The molecule has 0 radical (unpaired) electrons. The zero-order valence-electron chi connectivity index (χ0n) is 23.6. The third-order valence-electron chi connectivity index (χ3n) is 6.66. The molecular weight excluding hydrogens is 638 g/mol. The van der Waals surface area contributed by atoms with Crippen molar-refractivity contribution in [3.63, 3.8) is 0 Å². The molecule has 0 fully saturated rings. The standard InChI is InChI=1S/C28H27ClF6N4O6/c1-26(2,24(43)44)36-22(42)12-17(16-4-3-5-18(10-16)27(30,31)32)11-20(40)13-39-25(45)38(14-21(41)28(33,34)35)23(37-39)15-6-8-19(29)9-7-15/h3-10,17,21,41H,11-14H2,1-2H3,(H,36,42)(H,43,44)/t17-,21-/m0/s1. The number of rotatable bonds is 12. The summed E-state index contributed by atoms with van der Waals surface area (Å²) < 4.78 is 80.7. The van der Waals surface area contributed by atoms with E-state index in [1.165, 1.54) is 44.2 Å². The summed E-state index contributed by atoms with van der Waals surface area (Å²) in [5.41, 5.74) is -3.99.